The summed E-state index contributed by atoms with van der Waals surface area (Å²) < 4.78 is 8.13. The van der Waals surface area contributed by atoms with Gasteiger partial charge in [0.1, 0.15) is 11.4 Å². The van der Waals surface area contributed by atoms with Crippen LogP contribution in [0.2, 0.25) is 5.02 Å². The van der Waals surface area contributed by atoms with E-state index in [4.69, 9.17) is 21.4 Å². The third-order valence-electron chi connectivity index (χ3n) is 5.93. The monoisotopic (exact) mass is 465 g/mol. The Labute approximate surface area is 201 Å². The molecule has 0 saturated heterocycles. The lowest BCUT2D eigenvalue weighted by Crippen LogP contribution is -2.33. The molecule has 1 heterocycles. The zero-order valence-electron chi connectivity index (χ0n) is 19.2. The topological polar surface area (TPSA) is 50.5 Å². The second-order valence-corrected chi connectivity index (χ2v) is 9.27. The van der Waals surface area contributed by atoms with Gasteiger partial charge in [0, 0.05) is 37.3 Å². The van der Waals surface area contributed by atoms with Gasteiger partial charge in [-0.05, 0) is 55.9 Å². The number of rotatable bonds is 12. The number of ether oxygens (including phenoxy) is 1. The van der Waals surface area contributed by atoms with Crippen molar-refractivity contribution in [2.24, 2.45) is 13.0 Å². The molecule has 4 rings (SSSR count). The molecule has 5 nitrogen and oxygen atoms in total. The quantitative estimate of drug-likeness (QED) is 0.330. The lowest BCUT2D eigenvalue weighted by atomic mass is 10.1. The first-order chi connectivity index (χ1) is 16.0. The molecule has 1 aromatic heterocycles. The van der Waals surface area contributed by atoms with Crippen molar-refractivity contribution in [3.8, 4) is 22.9 Å². The van der Waals surface area contributed by atoms with Crippen LogP contribution in [0, 0.1) is 5.92 Å². The van der Waals surface area contributed by atoms with E-state index in [9.17, 15) is 5.11 Å². The van der Waals surface area contributed by atoms with Crippen LogP contribution in [0.25, 0.3) is 11.3 Å². The molecule has 1 fully saturated rings. The Morgan fingerprint density at radius 3 is 2.61 bits per heavy atom. The summed E-state index contributed by atoms with van der Waals surface area (Å²) in [6, 6.07) is 17.6. The van der Waals surface area contributed by atoms with E-state index in [1.165, 1.54) is 12.8 Å². The van der Waals surface area contributed by atoms with Gasteiger partial charge in [-0.2, -0.15) is 5.10 Å². The Kier molecular flexibility index (Phi) is 7.86. The first-order valence-corrected chi connectivity index (χ1v) is 12.0. The molecule has 6 heteroatoms. The number of nitrogens with zero attached hydrogens (tertiary/aromatic N) is 3. The molecule has 0 bridgehead atoms. The van der Waals surface area contributed by atoms with E-state index in [2.05, 4.69) is 23.6 Å². The summed E-state index contributed by atoms with van der Waals surface area (Å²) in [5.74, 6) is 2.12. The molecule has 1 N–H and O–H groups in total. The molecule has 174 valence electrons. The van der Waals surface area contributed by atoms with Gasteiger partial charge in [-0.25, -0.2) is 4.68 Å². The van der Waals surface area contributed by atoms with E-state index in [-0.39, 0.29) is 6.10 Å². The number of hydrogen-bond acceptors (Lipinski definition) is 4. The summed E-state index contributed by atoms with van der Waals surface area (Å²) >= 11 is 6.06. The highest BCUT2D eigenvalue weighted by Gasteiger charge is 2.28. The van der Waals surface area contributed by atoms with E-state index in [0.29, 0.717) is 35.7 Å². The van der Waals surface area contributed by atoms with Crippen molar-refractivity contribution < 1.29 is 9.84 Å². The lowest BCUT2D eigenvalue weighted by molar-refractivity contribution is 0.0992. The normalized spacial score (nSPS) is 14.4. The van der Waals surface area contributed by atoms with Crippen molar-refractivity contribution in [1.29, 1.82) is 0 Å². The van der Waals surface area contributed by atoms with E-state index in [1.54, 1.807) is 4.68 Å². The van der Waals surface area contributed by atoms with E-state index in [0.717, 1.165) is 36.2 Å². The van der Waals surface area contributed by atoms with Crippen molar-refractivity contribution in [3.63, 3.8) is 0 Å². The van der Waals surface area contributed by atoms with Crippen LogP contribution < -0.4 is 4.74 Å². The largest absolute Gasteiger partial charge is 0.439 e. The summed E-state index contributed by atoms with van der Waals surface area (Å²) in [5, 5.41) is 16.1. The molecule has 33 heavy (non-hydrogen) atoms. The second kappa shape index (κ2) is 11.0. The van der Waals surface area contributed by atoms with E-state index < -0.39 is 0 Å². The third kappa shape index (κ3) is 6.47. The van der Waals surface area contributed by atoms with Crippen LogP contribution in [0.3, 0.4) is 0 Å². The van der Waals surface area contributed by atoms with E-state index in [1.807, 2.05) is 55.6 Å². The Morgan fingerprint density at radius 1 is 1.21 bits per heavy atom. The van der Waals surface area contributed by atoms with E-state index >= 15 is 0 Å². The van der Waals surface area contributed by atoms with Gasteiger partial charge in [-0.1, -0.05) is 48.0 Å². The molecular weight excluding hydrogens is 434 g/mol. The third-order valence-corrected chi connectivity index (χ3v) is 6.18. The van der Waals surface area contributed by atoms with Gasteiger partial charge in [-0.15, -0.1) is 6.58 Å². The molecule has 1 aliphatic rings. The zero-order chi connectivity index (χ0) is 23.2. The number of aliphatic hydroxyl groups is 1. The Bertz CT molecular complexity index is 1050. The van der Waals surface area contributed by atoms with Gasteiger partial charge in [0.15, 0.2) is 0 Å². The van der Waals surface area contributed by atoms with Gasteiger partial charge in [0.05, 0.1) is 11.7 Å². The highest BCUT2D eigenvalue weighted by molar-refractivity contribution is 6.30. The number of aryl methyl sites for hydroxylation is 1. The smallest absolute Gasteiger partial charge is 0.222 e. The minimum atomic E-state index is -0.390. The Hall–Kier alpha value is -2.60. The fourth-order valence-corrected chi connectivity index (χ4v) is 4.18. The average Bonchev–Trinajstić information content (AvgIpc) is 3.58. The molecule has 1 atom stereocenters. The predicted molar refractivity (Wildman–Crippen MR) is 134 cm³/mol. The van der Waals surface area contributed by atoms with Crippen LogP contribution in [0.15, 0.2) is 67.3 Å². The minimum absolute atomic E-state index is 0.390. The highest BCUT2D eigenvalue weighted by atomic mass is 35.5. The van der Waals surface area contributed by atoms with Gasteiger partial charge >= 0.3 is 0 Å². The molecule has 1 saturated carbocycles. The van der Waals surface area contributed by atoms with Gasteiger partial charge < -0.3 is 9.84 Å². The SMILES string of the molecule is C=CCCC(O)CN(Cc1c(-c2ccccc2)nn(C)c1Oc1ccc(Cl)cc1)CC1CC1. The van der Waals surface area contributed by atoms with Crippen LogP contribution in [0.1, 0.15) is 31.2 Å². The first kappa shape index (κ1) is 23.6. The second-order valence-electron chi connectivity index (χ2n) is 8.84. The van der Waals surface area contributed by atoms with Crippen molar-refractivity contribution >= 4 is 11.6 Å². The number of aromatic nitrogens is 2. The maximum absolute atomic E-state index is 10.6. The maximum atomic E-state index is 10.6. The van der Waals surface area contributed by atoms with Crippen LogP contribution >= 0.6 is 11.6 Å². The zero-order valence-corrected chi connectivity index (χ0v) is 19.9. The molecule has 1 unspecified atom stereocenters. The molecule has 0 radical (unpaired) electrons. The van der Waals surface area contributed by atoms with Gasteiger partial charge in [0.25, 0.3) is 0 Å². The molecule has 0 aliphatic heterocycles. The van der Waals surface area contributed by atoms with Crippen LogP contribution in [-0.2, 0) is 13.6 Å². The highest BCUT2D eigenvalue weighted by Crippen LogP contribution is 2.36. The van der Waals surface area contributed by atoms with Gasteiger partial charge in [0.2, 0.25) is 5.88 Å². The fraction of sp³-hybridized carbons (Fsp3) is 0.370. The molecule has 3 aromatic rings. The summed E-state index contributed by atoms with van der Waals surface area (Å²) in [6.07, 6.45) is 5.52. The number of allylic oxidation sites excluding steroid dienone is 1. The van der Waals surface area contributed by atoms with Crippen molar-refractivity contribution in [2.45, 2.75) is 38.3 Å². The number of aliphatic hydroxyl groups excluding tert-OH is 1. The maximum Gasteiger partial charge on any atom is 0.222 e. The molecule has 0 amide bonds. The van der Waals surface area contributed by atoms with Crippen molar-refractivity contribution in [3.05, 3.63) is 77.8 Å². The number of hydrogen-bond donors (Lipinski definition) is 1. The molecule has 2 aromatic carbocycles. The molecule has 1 aliphatic carbocycles. The van der Waals surface area contributed by atoms with Crippen molar-refractivity contribution in [1.82, 2.24) is 14.7 Å². The predicted octanol–water partition coefficient (Wildman–Crippen LogP) is 6.07. The standard InChI is InChI=1S/C27H32ClN3O2/c1-3-4-10-23(32)18-31(17-20-11-12-20)19-25-26(21-8-6-5-7-9-21)29-30(2)27(25)33-24-15-13-22(28)14-16-24/h3,5-9,13-16,20,23,32H,1,4,10-12,17-19H2,2H3. The Balaban J connectivity index is 1.66. The fourth-order valence-electron chi connectivity index (χ4n) is 4.06. The average molecular weight is 466 g/mol. The summed E-state index contributed by atoms with van der Waals surface area (Å²) in [7, 11) is 1.91. The van der Waals surface area contributed by atoms with Crippen molar-refractivity contribution in [2.75, 3.05) is 13.1 Å². The molecule has 0 spiro atoms. The first-order valence-electron chi connectivity index (χ1n) is 11.6. The number of benzene rings is 2. The summed E-state index contributed by atoms with van der Waals surface area (Å²) in [6.45, 7) is 6.02. The molecular formula is C27H32ClN3O2. The van der Waals surface area contributed by atoms with Gasteiger partial charge in [-0.3, -0.25) is 4.90 Å². The lowest BCUT2D eigenvalue weighted by Gasteiger charge is -2.25. The van der Waals surface area contributed by atoms with Crippen LogP contribution in [0.4, 0.5) is 0 Å². The van der Waals surface area contributed by atoms with Crippen LogP contribution in [-0.4, -0.2) is 39.0 Å². The summed E-state index contributed by atoms with van der Waals surface area (Å²) in [4.78, 5) is 2.35. The summed E-state index contributed by atoms with van der Waals surface area (Å²) in [5.41, 5.74) is 2.98. The number of halogens is 1. The Morgan fingerprint density at radius 2 is 1.94 bits per heavy atom. The van der Waals surface area contributed by atoms with Crippen LogP contribution in [0.5, 0.6) is 11.6 Å². The minimum Gasteiger partial charge on any atom is -0.439 e.